The molecule has 1 fully saturated rings. The highest BCUT2D eigenvalue weighted by molar-refractivity contribution is 5.89. The van der Waals surface area contributed by atoms with E-state index >= 15 is 0 Å². The van der Waals surface area contributed by atoms with E-state index in [1.165, 1.54) is 21.2 Å². The van der Waals surface area contributed by atoms with E-state index < -0.39 is 58.3 Å². The molecule has 0 radical (unpaired) electrons. The number of halogens is 3. The average Bonchev–Trinajstić information content (AvgIpc) is 3.28. The van der Waals surface area contributed by atoms with Crippen LogP contribution in [-0.4, -0.2) is 85.1 Å². The van der Waals surface area contributed by atoms with Gasteiger partial charge < -0.3 is 19.5 Å². The number of quaternary nitrogens is 1. The van der Waals surface area contributed by atoms with Crippen LogP contribution in [0.4, 0.5) is 18.0 Å². The standard InChI is InChI=1S/C29H35F3N2O6/c1-27(2,3)23(34(4,5)26(38)40-18-29(30,31)32)24(35)33-17-28(39-6,16-22(33)25(36)37)21-14-12-20(13-15-21)19-10-8-7-9-11-19/h7-15,22-23H,16-18H2,1-6H3/p+1/t22-,23+,28-/m0/s1. The maximum absolute atomic E-state index is 14.1. The Labute approximate surface area is 231 Å². The highest BCUT2D eigenvalue weighted by Crippen LogP contribution is 2.42. The number of amides is 2. The van der Waals surface area contributed by atoms with Crippen molar-refractivity contribution >= 4 is 18.0 Å². The number of rotatable bonds is 7. The minimum absolute atomic E-state index is 0.0575. The van der Waals surface area contributed by atoms with Crippen LogP contribution in [-0.2, 0) is 24.7 Å². The van der Waals surface area contributed by atoms with Crippen LogP contribution in [0.1, 0.15) is 32.8 Å². The van der Waals surface area contributed by atoms with Gasteiger partial charge in [-0.05, 0) is 16.7 Å². The number of methoxy groups -OCH3 is 1. The normalized spacial score (nSPS) is 20.7. The van der Waals surface area contributed by atoms with Crippen molar-refractivity contribution in [1.29, 1.82) is 0 Å². The second-order valence-electron chi connectivity index (χ2n) is 11.6. The highest BCUT2D eigenvalue weighted by Gasteiger charge is 2.57. The Hall–Kier alpha value is -3.44. The van der Waals surface area contributed by atoms with Crippen molar-refractivity contribution in [1.82, 2.24) is 4.90 Å². The van der Waals surface area contributed by atoms with Crippen molar-refractivity contribution in [3.05, 3.63) is 60.2 Å². The van der Waals surface area contributed by atoms with Crippen LogP contribution in [0.15, 0.2) is 54.6 Å². The fourth-order valence-electron chi connectivity index (χ4n) is 5.58. The van der Waals surface area contributed by atoms with Crippen LogP contribution in [0.25, 0.3) is 11.1 Å². The molecule has 3 atom stereocenters. The lowest BCUT2D eigenvalue weighted by Crippen LogP contribution is -2.65. The van der Waals surface area contributed by atoms with Crippen molar-refractivity contribution in [2.75, 3.05) is 34.4 Å². The summed E-state index contributed by atoms with van der Waals surface area (Å²) >= 11 is 0. The quantitative estimate of drug-likeness (QED) is 0.472. The largest absolute Gasteiger partial charge is 0.516 e. The van der Waals surface area contributed by atoms with E-state index in [9.17, 15) is 32.7 Å². The summed E-state index contributed by atoms with van der Waals surface area (Å²) in [6.45, 7) is 3.04. The van der Waals surface area contributed by atoms with Gasteiger partial charge in [0.05, 0.1) is 20.6 Å². The summed E-state index contributed by atoms with van der Waals surface area (Å²) in [7, 11) is 4.00. The third-order valence-electron chi connectivity index (χ3n) is 7.33. The molecular weight excluding hydrogens is 529 g/mol. The van der Waals surface area contributed by atoms with Crippen LogP contribution in [0.3, 0.4) is 0 Å². The van der Waals surface area contributed by atoms with Gasteiger partial charge in [0, 0.05) is 18.9 Å². The molecule has 1 aliphatic heterocycles. The number of hydrogen-bond donors (Lipinski definition) is 1. The van der Waals surface area contributed by atoms with Crippen LogP contribution < -0.4 is 0 Å². The van der Waals surface area contributed by atoms with Gasteiger partial charge in [-0.2, -0.15) is 18.0 Å². The van der Waals surface area contributed by atoms with Crippen molar-refractivity contribution < 1.29 is 46.6 Å². The first kappa shape index (κ1) is 31.1. The second kappa shape index (κ2) is 11.2. The number of alkyl halides is 3. The number of carbonyl (C=O) groups excluding carboxylic acids is 2. The van der Waals surface area contributed by atoms with Gasteiger partial charge in [0.1, 0.15) is 11.6 Å². The Kier molecular flexibility index (Phi) is 8.71. The topological polar surface area (TPSA) is 93.1 Å². The number of aliphatic carboxylic acids is 1. The minimum atomic E-state index is -4.74. The number of ether oxygens (including phenoxy) is 2. The Morgan fingerprint density at radius 2 is 1.57 bits per heavy atom. The van der Waals surface area contributed by atoms with Gasteiger partial charge in [-0.25, -0.2) is 9.28 Å². The SMILES string of the molecule is CO[C@@]1(c2ccc(-c3ccccc3)cc2)C[C@@H](C(=O)O)N(C(=O)[C@H](C(C)(C)C)[N+](C)(C)C(=O)OCC(F)(F)F)C1. The van der Waals surface area contributed by atoms with Gasteiger partial charge in [0.2, 0.25) is 0 Å². The van der Waals surface area contributed by atoms with Gasteiger partial charge >= 0.3 is 18.2 Å². The van der Waals surface area contributed by atoms with Crippen LogP contribution >= 0.6 is 0 Å². The molecule has 2 aromatic rings. The molecule has 40 heavy (non-hydrogen) atoms. The van der Waals surface area contributed by atoms with Crippen molar-refractivity contribution in [3.63, 3.8) is 0 Å². The molecule has 0 saturated carbocycles. The van der Waals surface area contributed by atoms with E-state index in [-0.39, 0.29) is 13.0 Å². The van der Waals surface area contributed by atoms with Crippen LogP contribution in [0.5, 0.6) is 0 Å². The molecule has 0 aliphatic carbocycles. The van der Waals surface area contributed by atoms with E-state index in [0.29, 0.717) is 5.56 Å². The summed E-state index contributed by atoms with van der Waals surface area (Å²) < 4.78 is 47.8. The molecule has 3 rings (SSSR count). The predicted octanol–water partition coefficient (Wildman–Crippen LogP) is 5.07. The summed E-state index contributed by atoms with van der Waals surface area (Å²) in [5.74, 6) is -1.96. The predicted molar refractivity (Wildman–Crippen MR) is 141 cm³/mol. The highest BCUT2D eigenvalue weighted by atomic mass is 19.4. The molecule has 0 aromatic heterocycles. The molecule has 2 aromatic carbocycles. The Morgan fingerprint density at radius 3 is 2.05 bits per heavy atom. The lowest BCUT2D eigenvalue weighted by molar-refractivity contribution is -0.842. The molecule has 2 amide bonds. The third-order valence-corrected chi connectivity index (χ3v) is 7.33. The third kappa shape index (κ3) is 6.47. The molecule has 8 nitrogen and oxygen atoms in total. The summed E-state index contributed by atoms with van der Waals surface area (Å²) in [4.78, 5) is 40.5. The molecule has 11 heteroatoms. The maximum Gasteiger partial charge on any atom is 0.516 e. The number of hydrogen-bond acceptors (Lipinski definition) is 5. The number of likely N-dealkylation sites (N-methyl/N-ethyl adjacent to an activating group) is 1. The fraction of sp³-hybridized carbons (Fsp3) is 0.483. The number of benzene rings is 2. The number of carboxylic acids is 1. The zero-order valence-electron chi connectivity index (χ0n) is 23.5. The van der Waals surface area contributed by atoms with Gasteiger partial charge in [-0.3, -0.25) is 4.79 Å². The average molecular weight is 566 g/mol. The zero-order valence-corrected chi connectivity index (χ0v) is 23.5. The monoisotopic (exact) mass is 565 g/mol. The van der Waals surface area contributed by atoms with Crippen LogP contribution in [0.2, 0.25) is 0 Å². The maximum atomic E-state index is 14.1. The van der Waals surface area contributed by atoms with Gasteiger partial charge in [-0.1, -0.05) is 75.4 Å². The molecule has 1 heterocycles. The summed E-state index contributed by atoms with van der Waals surface area (Å²) in [5.41, 5.74) is 0.487. The summed E-state index contributed by atoms with van der Waals surface area (Å²) in [6.07, 6.45) is -6.06. The lowest BCUT2D eigenvalue weighted by Gasteiger charge is -2.42. The first-order chi connectivity index (χ1) is 18.4. The van der Waals surface area contributed by atoms with Gasteiger partial charge in [-0.15, -0.1) is 0 Å². The van der Waals surface area contributed by atoms with Crippen molar-refractivity contribution in [3.8, 4) is 11.1 Å². The summed E-state index contributed by atoms with van der Waals surface area (Å²) in [6, 6.07) is 14.6. The first-order valence-electron chi connectivity index (χ1n) is 12.7. The molecule has 0 spiro atoms. The molecule has 1 aliphatic rings. The smallest absolute Gasteiger partial charge is 0.480 e. The van der Waals surface area contributed by atoms with E-state index in [1.54, 1.807) is 20.8 Å². The lowest BCUT2D eigenvalue weighted by atomic mass is 9.83. The van der Waals surface area contributed by atoms with Crippen molar-refractivity contribution in [2.45, 2.75) is 51.1 Å². The molecule has 0 bridgehead atoms. The Bertz CT molecular complexity index is 1230. The fourth-order valence-corrected chi connectivity index (χ4v) is 5.58. The van der Waals surface area contributed by atoms with Gasteiger partial charge in [0.15, 0.2) is 12.6 Å². The number of carbonyl (C=O) groups is 3. The molecule has 0 unspecified atom stereocenters. The molecule has 218 valence electrons. The Balaban J connectivity index is 1.97. The molecule has 1 N–H and O–H groups in total. The zero-order chi connectivity index (χ0) is 30.1. The number of carboxylic acid groups (broad SMARTS) is 1. The van der Waals surface area contributed by atoms with Gasteiger partial charge in [0.25, 0.3) is 5.91 Å². The van der Waals surface area contributed by atoms with E-state index in [1.807, 2.05) is 54.6 Å². The molecular formula is C29H36F3N2O6+. The van der Waals surface area contributed by atoms with Crippen LogP contribution in [0, 0.1) is 5.41 Å². The Morgan fingerprint density at radius 1 is 1.02 bits per heavy atom. The number of likely N-dealkylation sites (tertiary alicyclic amines) is 1. The van der Waals surface area contributed by atoms with E-state index in [0.717, 1.165) is 16.0 Å². The van der Waals surface area contributed by atoms with E-state index in [2.05, 4.69) is 4.74 Å². The number of nitrogens with zero attached hydrogens (tertiary/aromatic N) is 2. The van der Waals surface area contributed by atoms with Crippen molar-refractivity contribution in [2.24, 2.45) is 5.41 Å². The minimum Gasteiger partial charge on any atom is -0.480 e. The molecule has 1 saturated heterocycles. The second-order valence-corrected chi connectivity index (χ2v) is 11.6. The summed E-state index contributed by atoms with van der Waals surface area (Å²) in [5, 5.41) is 10.1. The first-order valence-corrected chi connectivity index (χ1v) is 12.7. The van der Waals surface area contributed by atoms with E-state index in [4.69, 9.17) is 4.74 Å².